The zero-order chi connectivity index (χ0) is 9.14. The molecule has 1 atom stereocenters. The van der Waals surface area contributed by atoms with Gasteiger partial charge in [-0.2, -0.15) is 13.8 Å². The molecule has 1 heterocycles. The van der Waals surface area contributed by atoms with Gasteiger partial charge in [-0.05, 0) is 18.6 Å². The lowest BCUT2D eigenvalue weighted by Gasteiger charge is -2.07. The van der Waals surface area contributed by atoms with E-state index in [1.54, 1.807) is 6.92 Å². The van der Waals surface area contributed by atoms with Crippen molar-refractivity contribution >= 4 is 0 Å². The molecule has 1 unspecified atom stereocenters. The molecule has 2 nitrogen and oxygen atoms in total. The summed E-state index contributed by atoms with van der Waals surface area (Å²) in [6, 6.07) is 2.23. The van der Waals surface area contributed by atoms with Gasteiger partial charge >= 0.3 is 0 Å². The molecule has 0 radical (unpaired) electrons. The Kier molecular flexibility index (Phi) is 2.70. The third kappa shape index (κ3) is 1.76. The van der Waals surface area contributed by atoms with Crippen LogP contribution in [0.3, 0.4) is 0 Å². The Morgan fingerprint density at radius 1 is 1.50 bits per heavy atom. The van der Waals surface area contributed by atoms with Crippen LogP contribution in [0.1, 0.15) is 25.0 Å². The quantitative estimate of drug-likeness (QED) is 0.692. The molecule has 12 heavy (non-hydrogen) atoms. The highest BCUT2D eigenvalue weighted by Gasteiger charge is 2.12. The molecule has 0 saturated carbocycles. The SMILES string of the molecule is CCC(O)c1ccc(F)nc1F. The Bertz CT molecular complexity index is 278. The van der Waals surface area contributed by atoms with E-state index in [1.807, 2.05) is 0 Å². The molecule has 0 amide bonds. The van der Waals surface area contributed by atoms with Gasteiger partial charge < -0.3 is 5.11 Å². The van der Waals surface area contributed by atoms with Crippen molar-refractivity contribution in [3.63, 3.8) is 0 Å². The smallest absolute Gasteiger partial charge is 0.221 e. The van der Waals surface area contributed by atoms with Crippen molar-refractivity contribution in [2.24, 2.45) is 0 Å². The van der Waals surface area contributed by atoms with Crippen LogP contribution in [0.25, 0.3) is 0 Å². The summed E-state index contributed by atoms with van der Waals surface area (Å²) in [5.74, 6) is -1.82. The standard InChI is InChI=1S/C8H9F2NO/c1-2-6(12)5-3-4-7(9)11-8(5)10/h3-4,6,12H,2H2,1H3. The summed E-state index contributed by atoms with van der Waals surface area (Å²) in [6.45, 7) is 1.70. The normalized spacial score (nSPS) is 13.0. The van der Waals surface area contributed by atoms with Crippen molar-refractivity contribution < 1.29 is 13.9 Å². The second-order valence-electron chi connectivity index (χ2n) is 2.44. The van der Waals surface area contributed by atoms with E-state index in [0.29, 0.717) is 6.42 Å². The molecule has 1 N–H and O–H groups in total. The topological polar surface area (TPSA) is 33.1 Å². The van der Waals surface area contributed by atoms with E-state index in [-0.39, 0.29) is 5.56 Å². The minimum atomic E-state index is -0.940. The highest BCUT2D eigenvalue weighted by atomic mass is 19.1. The summed E-state index contributed by atoms with van der Waals surface area (Å²) in [7, 11) is 0. The summed E-state index contributed by atoms with van der Waals surface area (Å²) < 4.78 is 25.1. The van der Waals surface area contributed by atoms with Crippen LogP contribution in [0.4, 0.5) is 8.78 Å². The van der Waals surface area contributed by atoms with Crippen molar-refractivity contribution in [3.05, 3.63) is 29.6 Å². The molecule has 0 aliphatic heterocycles. The minimum Gasteiger partial charge on any atom is -0.388 e. The molecule has 0 spiro atoms. The molecule has 0 saturated heterocycles. The summed E-state index contributed by atoms with van der Waals surface area (Å²) in [4.78, 5) is 2.95. The van der Waals surface area contributed by atoms with Crippen LogP contribution < -0.4 is 0 Å². The highest BCUT2D eigenvalue weighted by Crippen LogP contribution is 2.17. The summed E-state index contributed by atoms with van der Waals surface area (Å²) >= 11 is 0. The monoisotopic (exact) mass is 173 g/mol. The van der Waals surface area contributed by atoms with Gasteiger partial charge in [0.1, 0.15) is 0 Å². The van der Waals surface area contributed by atoms with Gasteiger partial charge in [0, 0.05) is 5.56 Å². The van der Waals surface area contributed by atoms with Crippen LogP contribution in [0, 0.1) is 11.9 Å². The van der Waals surface area contributed by atoms with Crippen molar-refractivity contribution in [1.29, 1.82) is 0 Å². The number of hydrogen-bond acceptors (Lipinski definition) is 2. The molecule has 1 aromatic heterocycles. The number of halogens is 2. The molecule has 4 heteroatoms. The van der Waals surface area contributed by atoms with Crippen molar-refractivity contribution in [2.45, 2.75) is 19.4 Å². The van der Waals surface area contributed by atoms with E-state index in [1.165, 1.54) is 6.07 Å². The maximum atomic E-state index is 12.8. The molecule has 0 aliphatic rings. The molecule has 1 rings (SSSR count). The van der Waals surface area contributed by atoms with E-state index in [2.05, 4.69) is 4.98 Å². The third-order valence-electron chi connectivity index (χ3n) is 1.59. The van der Waals surface area contributed by atoms with Gasteiger partial charge in [0.25, 0.3) is 0 Å². The zero-order valence-corrected chi connectivity index (χ0v) is 6.59. The van der Waals surface area contributed by atoms with E-state index in [4.69, 9.17) is 0 Å². The van der Waals surface area contributed by atoms with Gasteiger partial charge in [0.05, 0.1) is 6.10 Å². The predicted octanol–water partition coefficient (Wildman–Crippen LogP) is 1.80. The summed E-state index contributed by atoms with van der Waals surface area (Å²) in [5.41, 5.74) is 0.0406. The van der Waals surface area contributed by atoms with Crippen LogP contribution >= 0.6 is 0 Å². The van der Waals surface area contributed by atoms with Gasteiger partial charge in [-0.3, -0.25) is 0 Å². The summed E-state index contributed by atoms with van der Waals surface area (Å²) in [6.07, 6.45) is -0.525. The summed E-state index contributed by atoms with van der Waals surface area (Å²) in [5, 5.41) is 9.20. The number of aliphatic hydroxyl groups excluding tert-OH is 1. The second kappa shape index (κ2) is 3.58. The van der Waals surface area contributed by atoms with Gasteiger partial charge in [-0.15, -0.1) is 0 Å². The van der Waals surface area contributed by atoms with Crippen LogP contribution in [-0.4, -0.2) is 10.1 Å². The first kappa shape index (κ1) is 9.06. The lowest BCUT2D eigenvalue weighted by atomic mass is 10.1. The zero-order valence-electron chi connectivity index (χ0n) is 6.59. The largest absolute Gasteiger partial charge is 0.388 e. The number of aromatic nitrogens is 1. The molecule has 1 aromatic rings. The fraction of sp³-hybridized carbons (Fsp3) is 0.375. The lowest BCUT2D eigenvalue weighted by Crippen LogP contribution is -2.02. The second-order valence-corrected chi connectivity index (χ2v) is 2.44. The minimum absolute atomic E-state index is 0.0406. The fourth-order valence-electron chi connectivity index (χ4n) is 0.891. The molecule has 0 aliphatic carbocycles. The Balaban J connectivity index is 3.01. The first-order valence-corrected chi connectivity index (χ1v) is 3.65. The number of hydrogen-bond donors (Lipinski definition) is 1. The molecule has 66 valence electrons. The van der Waals surface area contributed by atoms with Crippen LogP contribution in [0.5, 0.6) is 0 Å². The Labute approximate surface area is 68.9 Å². The number of aliphatic hydroxyl groups is 1. The average Bonchev–Trinajstić information content (AvgIpc) is 2.03. The molecule has 0 fully saturated rings. The van der Waals surface area contributed by atoms with E-state index < -0.39 is 18.0 Å². The molecule has 0 aromatic carbocycles. The van der Waals surface area contributed by atoms with Crippen molar-refractivity contribution in [2.75, 3.05) is 0 Å². The molecular weight excluding hydrogens is 164 g/mol. The highest BCUT2D eigenvalue weighted by molar-refractivity contribution is 5.14. The Hall–Kier alpha value is -1.03. The number of pyridine rings is 1. The third-order valence-corrected chi connectivity index (χ3v) is 1.59. The van der Waals surface area contributed by atoms with Gasteiger partial charge in [-0.25, -0.2) is 0 Å². The first-order valence-electron chi connectivity index (χ1n) is 3.65. The van der Waals surface area contributed by atoms with E-state index >= 15 is 0 Å². The van der Waals surface area contributed by atoms with Crippen LogP contribution in [-0.2, 0) is 0 Å². The Morgan fingerprint density at radius 3 is 2.67 bits per heavy atom. The predicted molar refractivity (Wildman–Crippen MR) is 39.4 cm³/mol. The maximum Gasteiger partial charge on any atom is 0.221 e. The number of rotatable bonds is 2. The first-order chi connectivity index (χ1) is 5.65. The van der Waals surface area contributed by atoms with Gasteiger partial charge in [0.15, 0.2) is 0 Å². The fourth-order valence-corrected chi connectivity index (χ4v) is 0.891. The van der Waals surface area contributed by atoms with Gasteiger partial charge in [0.2, 0.25) is 11.9 Å². The lowest BCUT2D eigenvalue weighted by molar-refractivity contribution is 0.167. The van der Waals surface area contributed by atoms with E-state index in [0.717, 1.165) is 6.07 Å². The number of nitrogens with zero attached hydrogens (tertiary/aromatic N) is 1. The maximum absolute atomic E-state index is 12.8. The van der Waals surface area contributed by atoms with E-state index in [9.17, 15) is 13.9 Å². The van der Waals surface area contributed by atoms with Crippen molar-refractivity contribution in [1.82, 2.24) is 4.98 Å². The van der Waals surface area contributed by atoms with Crippen LogP contribution in [0.15, 0.2) is 12.1 Å². The van der Waals surface area contributed by atoms with Crippen LogP contribution in [0.2, 0.25) is 0 Å². The Morgan fingerprint density at radius 2 is 2.17 bits per heavy atom. The van der Waals surface area contributed by atoms with Gasteiger partial charge in [-0.1, -0.05) is 6.92 Å². The molecular formula is C8H9F2NO. The molecule has 0 bridgehead atoms. The van der Waals surface area contributed by atoms with Crippen molar-refractivity contribution in [3.8, 4) is 0 Å². The average molecular weight is 173 g/mol.